The van der Waals surface area contributed by atoms with Gasteiger partial charge in [0.25, 0.3) is 0 Å². The third kappa shape index (κ3) is 2.47. The highest BCUT2D eigenvalue weighted by atomic mass is 16.7. The number of amidine groups is 1. The molecule has 1 heterocycles. The second kappa shape index (κ2) is 4.31. The third-order valence-corrected chi connectivity index (χ3v) is 2.22. The van der Waals surface area contributed by atoms with Crippen molar-refractivity contribution in [3.05, 3.63) is 29.8 Å². The fourth-order valence-corrected chi connectivity index (χ4v) is 1.44. The van der Waals surface area contributed by atoms with Crippen LogP contribution in [0.4, 0.5) is 0 Å². The minimum atomic E-state index is -0.0850. The van der Waals surface area contributed by atoms with Gasteiger partial charge >= 0.3 is 0 Å². The van der Waals surface area contributed by atoms with Crippen molar-refractivity contribution in [3.8, 4) is 5.75 Å². The molecular formula is C11H14N2O2. The van der Waals surface area contributed by atoms with Crippen molar-refractivity contribution in [2.45, 2.75) is 19.6 Å². The van der Waals surface area contributed by atoms with E-state index >= 15 is 0 Å². The van der Waals surface area contributed by atoms with Crippen molar-refractivity contribution in [2.75, 3.05) is 7.11 Å². The molecule has 1 N–H and O–H groups in total. The summed E-state index contributed by atoms with van der Waals surface area (Å²) in [6.07, 6.45) is 0.673. The van der Waals surface area contributed by atoms with Crippen LogP contribution in [0, 0.1) is 0 Å². The van der Waals surface area contributed by atoms with E-state index in [0.717, 1.165) is 18.0 Å². The van der Waals surface area contributed by atoms with Crippen molar-refractivity contribution in [1.82, 2.24) is 5.48 Å². The number of benzene rings is 1. The van der Waals surface area contributed by atoms with Crippen molar-refractivity contribution in [3.63, 3.8) is 0 Å². The van der Waals surface area contributed by atoms with Crippen LogP contribution in [0.25, 0.3) is 0 Å². The van der Waals surface area contributed by atoms with Gasteiger partial charge in [0.1, 0.15) is 11.6 Å². The molecule has 1 aromatic carbocycles. The van der Waals surface area contributed by atoms with Crippen LogP contribution in [-0.2, 0) is 11.3 Å². The van der Waals surface area contributed by atoms with E-state index in [9.17, 15) is 0 Å². The van der Waals surface area contributed by atoms with Crippen LogP contribution in [0.15, 0.2) is 29.3 Å². The lowest BCUT2D eigenvalue weighted by molar-refractivity contribution is 0.0498. The van der Waals surface area contributed by atoms with E-state index in [4.69, 9.17) is 9.57 Å². The lowest BCUT2D eigenvalue weighted by atomic mass is 10.1. The maximum atomic E-state index is 5.10. The number of hydroxylamine groups is 1. The monoisotopic (exact) mass is 206 g/mol. The molecule has 0 aromatic heterocycles. The highest BCUT2D eigenvalue weighted by Gasteiger charge is 2.12. The molecule has 0 saturated carbocycles. The zero-order chi connectivity index (χ0) is 10.7. The van der Waals surface area contributed by atoms with Gasteiger partial charge in [-0.05, 0) is 24.6 Å². The molecule has 0 bridgehead atoms. The molecule has 0 radical (unpaired) electrons. The summed E-state index contributed by atoms with van der Waals surface area (Å²) in [4.78, 5) is 9.38. The van der Waals surface area contributed by atoms with E-state index in [1.807, 2.05) is 31.2 Å². The first-order chi connectivity index (χ1) is 7.28. The van der Waals surface area contributed by atoms with Gasteiger partial charge in [0.05, 0.1) is 7.11 Å². The van der Waals surface area contributed by atoms with E-state index in [1.165, 1.54) is 5.56 Å². The summed E-state index contributed by atoms with van der Waals surface area (Å²) >= 11 is 0. The Morgan fingerprint density at radius 2 is 2.13 bits per heavy atom. The van der Waals surface area contributed by atoms with Gasteiger partial charge in [-0.1, -0.05) is 12.1 Å². The second-order valence-electron chi connectivity index (χ2n) is 3.42. The third-order valence-electron chi connectivity index (χ3n) is 2.22. The van der Waals surface area contributed by atoms with E-state index in [0.29, 0.717) is 0 Å². The Morgan fingerprint density at radius 1 is 1.40 bits per heavy atom. The van der Waals surface area contributed by atoms with Crippen LogP contribution in [0.1, 0.15) is 12.5 Å². The molecule has 0 fully saturated rings. The number of nitrogens with one attached hydrogen (secondary N) is 1. The fourth-order valence-electron chi connectivity index (χ4n) is 1.44. The summed E-state index contributed by atoms with van der Waals surface area (Å²) in [6.45, 7) is 1.90. The quantitative estimate of drug-likeness (QED) is 0.815. The van der Waals surface area contributed by atoms with Gasteiger partial charge in [0.2, 0.25) is 0 Å². The predicted octanol–water partition coefficient (Wildman–Crippen LogP) is 1.52. The zero-order valence-electron chi connectivity index (χ0n) is 8.86. The van der Waals surface area contributed by atoms with Gasteiger partial charge in [0.15, 0.2) is 6.23 Å². The van der Waals surface area contributed by atoms with Crippen LogP contribution in [0.5, 0.6) is 5.75 Å². The predicted molar refractivity (Wildman–Crippen MR) is 57.8 cm³/mol. The molecule has 1 aromatic rings. The molecule has 0 aliphatic carbocycles. The smallest absolute Gasteiger partial charge is 0.174 e. The van der Waals surface area contributed by atoms with Crippen molar-refractivity contribution in [1.29, 1.82) is 0 Å². The van der Waals surface area contributed by atoms with E-state index < -0.39 is 0 Å². The molecule has 15 heavy (non-hydrogen) atoms. The normalized spacial score (nSPS) is 19.6. The Balaban J connectivity index is 2.02. The topological polar surface area (TPSA) is 42.9 Å². The standard InChI is InChI=1S/C11H14N2O2/c1-8-12-11(13-15-8)7-9-3-5-10(14-2)6-4-9/h3-6,8H,7H2,1-2H3,(H,12,13). The first-order valence-electron chi connectivity index (χ1n) is 4.89. The average Bonchev–Trinajstić information content (AvgIpc) is 2.65. The molecule has 80 valence electrons. The molecule has 1 atom stereocenters. The van der Waals surface area contributed by atoms with Crippen LogP contribution >= 0.6 is 0 Å². The maximum Gasteiger partial charge on any atom is 0.174 e. The molecule has 1 aliphatic heterocycles. The summed E-state index contributed by atoms with van der Waals surface area (Å²) < 4.78 is 5.09. The van der Waals surface area contributed by atoms with Gasteiger partial charge < -0.3 is 4.74 Å². The fraction of sp³-hybridized carbons (Fsp3) is 0.364. The molecular weight excluding hydrogens is 192 g/mol. The SMILES string of the molecule is COc1ccc(CC2=NC(C)ON2)cc1. The van der Waals surface area contributed by atoms with Crippen LogP contribution in [0.3, 0.4) is 0 Å². The molecule has 0 saturated heterocycles. The van der Waals surface area contributed by atoms with Crippen molar-refractivity contribution >= 4 is 5.84 Å². The molecule has 4 heteroatoms. The van der Waals surface area contributed by atoms with Gasteiger partial charge in [-0.2, -0.15) is 0 Å². The number of hydrogen-bond donors (Lipinski definition) is 1. The van der Waals surface area contributed by atoms with Crippen molar-refractivity contribution < 1.29 is 9.57 Å². The van der Waals surface area contributed by atoms with Gasteiger partial charge in [0, 0.05) is 6.42 Å². The average molecular weight is 206 g/mol. The second-order valence-corrected chi connectivity index (χ2v) is 3.42. The molecule has 4 nitrogen and oxygen atoms in total. The Hall–Kier alpha value is -1.55. The highest BCUT2D eigenvalue weighted by Crippen LogP contribution is 2.12. The van der Waals surface area contributed by atoms with E-state index in [2.05, 4.69) is 10.5 Å². The number of aliphatic imine (C=N–C) groups is 1. The highest BCUT2D eigenvalue weighted by molar-refractivity contribution is 5.84. The van der Waals surface area contributed by atoms with Crippen LogP contribution in [0.2, 0.25) is 0 Å². The summed E-state index contributed by atoms with van der Waals surface area (Å²) in [5.74, 6) is 1.73. The summed E-state index contributed by atoms with van der Waals surface area (Å²) in [5, 5.41) is 0. The summed E-state index contributed by atoms with van der Waals surface area (Å²) in [6, 6.07) is 7.92. The largest absolute Gasteiger partial charge is 0.497 e. The molecule has 2 rings (SSSR count). The molecule has 1 aliphatic rings. The Labute approximate surface area is 88.9 Å². The van der Waals surface area contributed by atoms with E-state index in [-0.39, 0.29) is 6.23 Å². The Morgan fingerprint density at radius 3 is 2.67 bits per heavy atom. The number of ether oxygens (including phenoxy) is 1. The Kier molecular flexibility index (Phi) is 2.87. The number of rotatable bonds is 3. The molecule has 0 amide bonds. The van der Waals surface area contributed by atoms with Crippen molar-refractivity contribution in [2.24, 2.45) is 4.99 Å². The first kappa shape index (κ1) is 9.98. The minimum absolute atomic E-state index is 0.0850. The number of hydrogen-bond acceptors (Lipinski definition) is 4. The molecule has 0 spiro atoms. The summed E-state index contributed by atoms with van der Waals surface area (Å²) in [7, 11) is 1.66. The van der Waals surface area contributed by atoms with E-state index in [1.54, 1.807) is 7.11 Å². The lowest BCUT2D eigenvalue weighted by Gasteiger charge is -2.03. The molecule has 1 unspecified atom stereocenters. The number of nitrogens with zero attached hydrogens (tertiary/aromatic N) is 1. The maximum absolute atomic E-state index is 5.10. The minimum Gasteiger partial charge on any atom is -0.497 e. The van der Waals surface area contributed by atoms with Gasteiger partial charge in [-0.15, -0.1) is 0 Å². The van der Waals surface area contributed by atoms with Gasteiger partial charge in [-0.3, -0.25) is 5.48 Å². The first-order valence-corrected chi connectivity index (χ1v) is 4.89. The number of methoxy groups -OCH3 is 1. The summed E-state index contributed by atoms with van der Waals surface area (Å²) in [5.41, 5.74) is 3.98. The van der Waals surface area contributed by atoms with Crippen LogP contribution < -0.4 is 10.2 Å². The van der Waals surface area contributed by atoms with Gasteiger partial charge in [-0.25, -0.2) is 9.83 Å². The lowest BCUT2D eigenvalue weighted by Crippen LogP contribution is -2.19. The Bertz CT molecular complexity index is 359. The van der Waals surface area contributed by atoms with Crippen LogP contribution in [-0.4, -0.2) is 19.2 Å². The zero-order valence-corrected chi connectivity index (χ0v) is 8.86.